The number of halogens is 2. The molecule has 1 saturated heterocycles. The summed E-state index contributed by atoms with van der Waals surface area (Å²) >= 11 is 0. The van der Waals surface area contributed by atoms with Crippen LogP contribution in [0.4, 0.5) is 8.78 Å². The molecule has 4 nitrogen and oxygen atoms in total. The minimum Gasteiger partial charge on any atom is -0.356 e. The Morgan fingerprint density at radius 1 is 1.21 bits per heavy atom. The highest BCUT2D eigenvalue weighted by Crippen LogP contribution is 2.19. The van der Waals surface area contributed by atoms with E-state index in [0.29, 0.717) is 18.1 Å². The highest BCUT2D eigenvalue weighted by molar-refractivity contribution is 5.79. The number of nitrogens with zero attached hydrogens (tertiary/aromatic N) is 2. The number of hydrogen-bond acceptors (Lipinski definition) is 2. The van der Waals surface area contributed by atoms with Gasteiger partial charge in [-0.3, -0.25) is 4.99 Å². The first-order valence-corrected chi connectivity index (χ1v) is 8.72. The summed E-state index contributed by atoms with van der Waals surface area (Å²) < 4.78 is 26.8. The standard InChI is InChI=1S/C18H28F2N4/c1-14(16-7-6-15(19)12-17(16)20)13-23-18(21-2)22-8-11-24-9-4-3-5-10-24/h6-7,12,14H,3-5,8-11,13H2,1-2H3,(H2,21,22,23). The second-order valence-electron chi connectivity index (χ2n) is 6.35. The monoisotopic (exact) mass is 338 g/mol. The van der Waals surface area contributed by atoms with Crippen molar-refractivity contribution in [1.82, 2.24) is 15.5 Å². The van der Waals surface area contributed by atoms with Crippen molar-refractivity contribution in [3.63, 3.8) is 0 Å². The van der Waals surface area contributed by atoms with Gasteiger partial charge in [0.2, 0.25) is 0 Å². The summed E-state index contributed by atoms with van der Waals surface area (Å²) in [5.41, 5.74) is 0.507. The Kier molecular flexibility index (Phi) is 7.43. The molecule has 0 saturated carbocycles. The average molecular weight is 338 g/mol. The van der Waals surface area contributed by atoms with E-state index >= 15 is 0 Å². The molecule has 0 aromatic heterocycles. The van der Waals surface area contributed by atoms with Crippen molar-refractivity contribution < 1.29 is 8.78 Å². The van der Waals surface area contributed by atoms with Crippen molar-refractivity contribution >= 4 is 5.96 Å². The SMILES string of the molecule is CN=C(NCCN1CCCCC1)NCC(C)c1ccc(F)cc1F. The molecule has 0 radical (unpaired) electrons. The maximum absolute atomic E-state index is 13.8. The van der Waals surface area contributed by atoms with Crippen molar-refractivity contribution in [3.05, 3.63) is 35.4 Å². The largest absolute Gasteiger partial charge is 0.356 e. The maximum atomic E-state index is 13.8. The van der Waals surface area contributed by atoms with Crippen LogP contribution in [0.3, 0.4) is 0 Å². The third-order valence-corrected chi connectivity index (χ3v) is 4.46. The minimum absolute atomic E-state index is 0.0776. The molecular formula is C18H28F2N4. The Morgan fingerprint density at radius 2 is 1.96 bits per heavy atom. The van der Waals surface area contributed by atoms with Gasteiger partial charge in [-0.05, 0) is 37.6 Å². The first kappa shape index (κ1) is 18.6. The summed E-state index contributed by atoms with van der Waals surface area (Å²) in [4.78, 5) is 6.65. The fraction of sp³-hybridized carbons (Fsp3) is 0.611. The lowest BCUT2D eigenvalue weighted by molar-refractivity contribution is 0.232. The van der Waals surface area contributed by atoms with Crippen LogP contribution in [0.15, 0.2) is 23.2 Å². The van der Waals surface area contributed by atoms with Crippen molar-refractivity contribution in [2.45, 2.75) is 32.1 Å². The molecule has 1 aliphatic heterocycles. The predicted octanol–water partition coefficient (Wildman–Crippen LogP) is 2.72. The molecule has 24 heavy (non-hydrogen) atoms. The molecule has 1 fully saturated rings. The third kappa shape index (κ3) is 5.74. The third-order valence-electron chi connectivity index (χ3n) is 4.46. The van der Waals surface area contributed by atoms with E-state index in [4.69, 9.17) is 0 Å². The lowest BCUT2D eigenvalue weighted by Gasteiger charge is -2.26. The van der Waals surface area contributed by atoms with E-state index in [1.165, 1.54) is 44.5 Å². The first-order chi connectivity index (χ1) is 11.6. The number of guanidine groups is 1. The number of aliphatic imine (C=N–C) groups is 1. The molecule has 1 aromatic rings. The predicted molar refractivity (Wildman–Crippen MR) is 94.4 cm³/mol. The second kappa shape index (κ2) is 9.57. The Bertz CT molecular complexity index is 542. The van der Waals surface area contributed by atoms with Gasteiger partial charge in [0.25, 0.3) is 0 Å². The first-order valence-electron chi connectivity index (χ1n) is 8.72. The quantitative estimate of drug-likeness (QED) is 0.619. The smallest absolute Gasteiger partial charge is 0.191 e. The molecule has 0 amide bonds. The van der Waals surface area contributed by atoms with Gasteiger partial charge < -0.3 is 15.5 Å². The van der Waals surface area contributed by atoms with Crippen LogP contribution in [-0.4, -0.2) is 50.6 Å². The molecule has 2 rings (SSSR count). The van der Waals surface area contributed by atoms with Gasteiger partial charge in [-0.25, -0.2) is 8.78 Å². The molecule has 1 atom stereocenters. The average Bonchev–Trinajstić information content (AvgIpc) is 2.58. The van der Waals surface area contributed by atoms with E-state index in [9.17, 15) is 8.78 Å². The summed E-state index contributed by atoms with van der Waals surface area (Å²) in [5, 5.41) is 6.50. The number of rotatable bonds is 6. The Hall–Kier alpha value is -1.69. The molecule has 2 N–H and O–H groups in total. The summed E-state index contributed by atoms with van der Waals surface area (Å²) in [5.74, 6) is -0.420. The van der Waals surface area contributed by atoms with E-state index in [0.717, 1.165) is 19.2 Å². The summed E-state index contributed by atoms with van der Waals surface area (Å²) in [7, 11) is 1.72. The highest BCUT2D eigenvalue weighted by atomic mass is 19.1. The van der Waals surface area contributed by atoms with Gasteiger partial charge in [-0.1, -0.05) is 19.4 Å². The van der Waals surface area contributed by atoms with E-state index in [2.05, 4.69) is 20.5 Å². The molecule has 6 heteroatoms. The fourth-order valence-corrected chi connectivity index (χ4v) is 3.00. The molecule has 1 heterocycles. The zero-order valence-corrected chi connectivity index (χ0v) is 14.6. The van der Waals surface area contributed by atoms with Crippen LogP contribution in [0.5, 0.6) is 0 Å². The van der Waals surface area contributed by atoms with Gasteiger partial charge in [-0.15, -0.1) is 0 Å². The van der Waals surface area contributed by atoms with Crippen molar-refractivity contribution in [2.24, 2.45) is 4.99 Å². The van der Waals surface area contributed by atoms with E-state index in [1.54, 1.807) is 7.05 Å². The van der Waals surface area contributed by atoms with E-state index in [1.807, 2.05) is 6.92 Å². The maximum Gasteiger partial charge on any atom is 0.191 e. The van der Waals surface area contributed by atoms with Crippen LogP contribution in [0.2, 0.25) is 0 Å². The van der Waals surface area contributed by atoms with Crippen LogP contribution in [0, 0.1) is 11.6 Å². The van der Waals surface area contributed by atoms with Crippen molar-refractivity contribution in [3.8, 4) is 0 Å². The van der Waals surface area contributed by atoms with Gasteiger partial charge in [0.05, 0.1) is 0 Å². The zero-order chi connectivity index (χ0) is 17.4. The van der Waals surface area contributed by atoms with Crippen LogP contribution in [0.1, 0.15) is 37.7 Å². The van der Waals surface area contributed by atoms with Gasteiger partial charge >= 0.3 is 0 Å². The van der Waals surface area contributed by atoms with Crippen LogP contribution in [-0.2, 0) is 0 Å². The second-order valence-corrected chi connectivity index (χ2v) is 6.35. The van der Waals surface area contributed by atoms with Crippen LogP contribution in [0.25, 0.3) is 0 Å². The number of likely N-dealkylation sites (tertiary alicyclic amines) is 1. The Balaban J connectivity index is 1.74. The Labute approximate surface area is 143 Å². The normalized spacial score (nSPS) is 17.6. The van der Waals surface area contributed by atoms with Crippen molar-refractivity contribution in [2.75, 3.05) is 39.8 Å². The molecule has 1 aromatic carbocycles. The van der Waals surface area contributed by atoms with Crippen LogP contribution < -0.4 is 10.6 Å². The lowest BCUT2D eigenvalue weighted by atomic mass is 10.0. The van der Waals surface area contributed by atoms with Gasteiger partial charge in [0.1, 0.15) is 11.6 Å². The molecule has 1 unspecified atom stereocenters. The number of piperidine rings is 1. The Morgan fingerprint density at radius 3 is 2.62 bits per heavy atom. The zero-order valence-electron chi connectivity index (χ0n) is 14.6. The highest BCUT2D eigenvalue weighted by Gasteiger charge is 2.13. The number of hydrogen-bond donors (Lipinski definition) is 2. The van der Waals surface area contributed by atoms with E-state index in [-0.39, 0.29) is 5.92 Å². The fourth-order valence-electron chi connectivity index (χ4n) is 3.00. The molecule has 1 aliphatic rings. The van der Waals surface area contributed by atoms with E-state index < -0.39 is 11.6 Å². The summed E-state index contributed by atoms with van der Waals surface area (Å²) in [6.07, 6.45) is 3.91. The number of nitrogens with one attached hydrogen (secondary N) is 2. The van der Waals surface area contributed by atoms with Gasteiger partial charge in [-0.2, -0.15) is 0 Å². The van der Waals surface area contributed by atoms with Gasteiger partial charge in [0.15, 0.2) is 5.96 Å². The summed E-state index contributed by atoms with van der Waals surface area (Å²) in [6.45, 7) is 6.63. The molecule has 0 spiro atoms. The molecule has 134 valence electrons. The molecular weight excluding hydrogens is 310 g/mol. The van der Waals surface area contributed by atoms with Gasteiger partial charge in [0, 0.05) is 38.7 Å². The summed E-state index contributed by atoms with van der Waals surface area (Å²) in [6, 6.07) is 3.72. The van der Waals surface area contributed by atoms with Crippen molar-refractivity contribution in [1.29, 1.82) is 0 Å². The molecule has 0 aliphatic carbocycles. The topological polar surface area (TPSA) is 39.7 Å². The minimum atomic E-state index is -0.549. The number of benzene rings is 1. The van der Waals surface area contributed by atoms with Crippen LogP contribution >= 0.6 is 0 Å². The molecule has 0 bridgehead atoms. The lowest BCUT2D eigenvalue weighted by Crippen LogP contribution is -2.43.